The lowest BCUT2D eigenvalue weighted by molar-refractivity contribution is -0.126. The number of aryl methyl sites for hydroxylation is 2. The maximum Gasteiger partial charge on any atom is 0.249 e. The van der Waals surface area contributed by atoms with Crippen molar-refractivity contribution in [1.29, 1.82) is 0 Å². The number of nitrogens with zero attached hydrogens (tertiary/aromatic N) is 1. The number of carbonyl (C=O) groups is 2. The molecule has 0 unspecified atom stereocenters. The van der Waals surface area contributed by atoms with E-state index in [-0.39, 0.29) is 17.7 Å². The summed E-state index contributed by atoms with van der Waals surface area (Å²) in [5.74, 6) is -0.830. The summed E-state index contributed by atoms with van der Waals surface area (Å²) in [6, 6.07) is 13.7. The van der Waals surface area contributed by atoms with Gasteiger partial charge in [-0.2, -0.15) is 5.10 Å². The Balaban J connectivity index is 1.84. The minimum absolute atomic E-state index is 0.0903. The third-order valence-corrected chi connectivity index (χ3v) is 4.16. The maximum atomic E-state index is 12.0. The van der Waals surface area contributed by atoms with E-state index in [9.17, 15) is 9.59 Å². The van der Waals surface area contributed by atoms with Gasteiger partial charge in [0, 0.05) is 5.69 Å². The fourth-order valence-electron chi connectivity index (χ4n) is 2.58. The summed E-state index contributed by atoms with van der Waals surface area (Å²) >= 11 is 0. The van der Waals surface area contributed by atoms with E-state index in [0.29, 0.717) is 5.69 Å². The van der Waals surface area contributed by atoms with E-state index in [1.807, 2.05) is 56.3 Å². The molecule has 0 heterocycles. The number of hydrogen-bond acceptors (Lipinski definition) is 3. The first-order valence-electron chi connectivity index (χ1n) is 8.95. The number of nitrogens with one attached hydrogen (secondary N) is 2. The van der Waals surface area contributed by atoms with Crippen molar-refractivity contribution in [2.75, 3.05) is 5.32 Å². The van der Waals surface area contributed by atoms with Crippen molar-refractivity contribution in [1.82, 2.24) is 5.43 Å². The molecule has 0 radical (unpaired) electrons. The van der Waals surface area contributed by atoms with Crippen LogP contribution in [0.15, 0.2) is 47.6 Å². The number of hydrogen-bond donors (Lipinski definition) is 2. The lowest BCUT2D eigenvalue weighted by atomic mass is 9.87. The number of rotatable bonds is 5. The summed E-state index contributed by atoms with van der Waals surface area (Å²) in [4.78, 5) is 23.9. The third-order valence-electron chi connectivity index (χ3n) is 4.16. The van der Waals surface area contributed by atoms with Gasteiger partial charge in [0.05, 0.1) is 6.21 Å². The molecular weight excluding hydrogens is 338 g/mol. The van der Waals surface area contributed by atoms with Crippen LogP contribution in [-0.4, -0.2) is 18.0 Å². The Morgan fingerprint density at radius 1 is 1.00 bits per heavy atom. The number of hydrazone groups is 1. The Kier molecular flexibility index (Phi) is 6.50. The Morgan fingerprint density at radius 3 is 2.26 bits per heavy atom. The molecule has 0 bridgehead atoms. The number of carbonyl (C=O) groups excluding carboxylic acids is 2. The van der Waals surface area contributed by atoms with Crippen molar-refractivity contribution in [2.45, 2.75) is 46.5 Å². The summed E-state index contributed by atoms with van der Waals surface area (Å²) in [7, 11) is 0. The van der Waals surface area contributed by atoms with Gasteiger partial charge in [0.1, 0.15) is 6.42 Å². The van der Waals surface area contributed by atoms with Crippen LogP contribution in [0.3, 0.4) is 0 Å². The minimum atomic E-state index is -0.458. The molecular formula is C22H27N3O2. The predicted octanol–water partition coefficient (Wildman–Crippen LogP) is 4.08. The van der Waals surface area contributed by atoms with Crippen molar-refractivity contribution in [2.24, 2.45) is 5.10 Å². The Morgan fingerprint density at radius 2 is 1.67 bits per heavy atom. The van der Waals surface area contributed by atoms with E-state index in [0.717, 1.165) is 16.7 Å². The van der Waals surface area contributed by atoms with Gasteiger partial charge in [0.15, 0.2) is 0 Å². The smallest absolute Gasteiger partial charge is 0.249 e. The molecule has 0 saturated heterocycles. The van der Waals surface area contributed by atoms with Crippen molar-refractivity contribution in [3.8, 4) is 0 Å². The fraction of sp³-hybridized carbons (Fsp3) is 0.318. The monoisotopic (exact) mass is 365 g/mol. The zero-order valence-electron chi connectivity index (χ0n) is 16.6. The lowest BCUT2D eigenvalue weighted by Crippen LogP contribution is -2.24. The summed E-state index contributed by atoms with van der Waals surface area (Å²) < 4.78 is 0. The largest absolute Gasteiger partial charge is 0.325 e. The second-order valence-corrected chi connectivity index (χ2v) is 7.71. The van der Waals surface area contributed by atoms with E-state index >= 15 is 0 Å². The van der Waals surface area contributed by atoms with Gasteiger partial charge in [-0.1, -0.05) is 62.7 Å². The van der Waals surface area contributed by atoms with Crippen LogP contribution in [-0.2, 0) is 15.0 Å². The standard InChI is InChI=1S/C22H27N3O2/c1-15-6-11-19(16(2)12-15)24-20(26)13-21(27)25-23-14-17-7-9-18(10-8-17)22(3,4)5/h6-12,14H,13H2,1-5H3,(H,24,26)(H,25,27). The Labute approximate surface area is 160 Å². The number of anilines is 1. The first kappa shape index (κ1) is 20.4. The second kappa shape index (κ2) is 8.62. The maximum absolute atomic E-state index is 12.0. The van der Waals surface area contributed by atoms with Crippen LogP contribution in [0, 0.1) is 13.8 Å². The van der Waals surface area contributed by atoms with Crippen LogP contribution < -0.4 is 10.7 Å². The number of amides is 2. The molecule has 0 aromatic heterocycles. The molecule has 0 aliphatic rings. The highest BCUT2D eigenvalue weighted by Gasteiger charge is 2.13. The summed E-state index contributed by atoms with van der Waals surface area (Å²) in [5.41, 5.74) is 7.37. The summed E-state index contributed by atoms with van der Waals surface area (Å²) in [6.07, 6.45) is 1.28. The molecule has 2 N–H and O–H groups in total. The van der Waals surface area contributed by atoms with Crippen LogP contribution >= 0.6 is 0 Å². The third kappa shape index (κ3) is 6.37. The van der Waals surface area contributed by atoms with E-state index in [1.165, 1.54) is 5.56 Å². The predicted molar refractivity (Wildman–Crippen MR) is 110 cm³/mol. The van der Waals surface area contributed by atoms with Gasteiger partial charge in [0.2, 0.25) is 11.8 Å². The molecule has 2 aromatic carbocycles. The lowest BCUT2D eigenvalue weighted by Gasteiger charge is -2.18. The highest BCUT2D eigenvalue weighted by atomic mass is 16.2. The molecule has 2 aromatic rings. The molecule has 27 heavy (non-hydrogen) atoms. The average Bonchev–Trinajstić information content (AvgIpc) is 2.57. The van der Waals surface area contributed by atoms with Gasteiger partial charge in [-0.3, -0.25) is 9.59 Å². The summed E-state index contributed by atoms with van der Waals surface area (Å²) in [6.45, 7) is 10.4. The molecule has 0 saturated carbocycles. The molecule has 142 valence electrons. The van der Waals surface area contributed by atoms with E-state index in [2.05, 4.69) is 36.6 Å². The molecule has 0 aliphatic heterocycles. The highest BCUT2D eigenvalue weighted by Crippen LogP contribution is 2.21. The Hall–Kier alpha value is -2.95. The normalized spacial score (nSPS) is 11.4. The number of benzene rings is 2. The molecule has 5 heteroatoms. The SMILES string of the molecule is Cc1ccc(NC(=O)CC(=O)NN=Cc2ccc(C(C)(C)C)cc2)c(C)c1. The van der Waals surface area contributed by atoms with E-state index in [4.69, 9.17) is 0 Å². The van der Waals surface area contributed by atoms with Crippen molar-refractivity contribution in [3.63, 3.8) is 0 Å². The van der Waals surface area contributed by atoms with Gasteiger partial charge < -0.3 is 5.32 Å². The van der Waals surface area contributed by atoms with E-state index < -0.39 is 5.91 Å². The first-order chi connectivity index (χ1) is 12.6. The topological polar surface area (TPSA) is 70.6 Å². The van der Waals surface area contributed by atoms with Gasteiger partial charge in [-0.15, -0.1) is 0 Å². The molecule has 0 spiro atoms. The van der Waals surface area contributed by atoms with Gasteiger partial charge in [0.25, 0.3) is 0 Å². The molecule has 2 rings (SSSR count). The van der Waals surface area contributed by atoms with Crippen LogP contribution in [0.2, 0.25) is 0 Å². The zero-order chi connectivity index (χ0) is 20.0. The zero-order valence-corrected chi connectivity index (χ0v) is 16.6. The van der Waals surface area contributed by atoms with Gasteiger partial charge in [-0.25, -0.2) is 5.43 Å². The highest BCUT2D eigenvalue weighted by molar-refractivity contribution is 6.04. The van der Waals surface area contributed by atoms with Crippen molar-refractivity contribution >= 4 is 23.7 Å². The molecule has 0 aliphatic carbocycles. The first-order valence-corrected chi connectivity index (χ1v) is 8.95. The van der Waals surface area contributed by atoms with Crippen LogP contribution in [0.1, 0.15) is 49.4 Å². The second-order valence-electron chi connectivity index (χ2n) is 7.71. The fourth-order valence-corrected chi connectivity index (χ4v) is 2.58. The molecule has 2 amide bonds. The van der Waals surface area contributed by atoms with Crippen LogP contribution in [0.5, 0.6) is 0 Å². The van der Waals surface area contributed by atoms with Crippen LogP contribution in [0.25, 0.3) is 0 Å². The minimum Gasteiger partial charge on any atom is -0.325 e. The van der Waals surface area contributed by atoms with Crippen molar-refractivity contribution in [3.05, 3.63) is 64.7 Å². The molecule has 5 nitrogen and oxygen atoms in total. The molecule has 0 atom stereocenters. The quantitative estimate of drug-likeness (QED) is 0.476. The van der Waals surface area contributed by atoms with Gasteiger partial charge in [-0.05, 0) is 42.0 Å². The van der Waals surface area contributed by atoms with Crippen LogP contribution in [0.4, 0.5) is 5.69 Å². The van der Waals surface area contributed by atoms with Gasteiger partial charge >= 0.3 is 0 Å². The van der Waals surface area contributed by atoms with E-state index in [1.54, 1.807) is 6.21 Å². The van der Waals surface area contributed by atoms with Crippen molar-refractivity contribution < 1.29 is 9.59 Å². The average molecular weight is 365 g/mol. The summed E-state index contributed by atoms with van der Waals surface area (Å²) in [5, 5.41) is 6.66. The molecule has 0 fully saturated rings. The Bertz CT molecular complexity index is 847.